The SMILES string of the molecule is c1ccc(-c2ncccc2N(c2ccccc2)c2cc(N(c3ccccc3)c3cccnc3-c3ccccc3)c3ccc4c(N(c5ccccc5)c5cccnc5-c5ccccc5)cc(N(c5ccccc5)c5cccnc5-c5ccccc5)c5ccc2c3c54)cc1. The second-order valence-electron chi connectivity index (χ2n) is 22.5. The van der Waals surface area contributed by atoms with Crippen LogP contribution in [0.25, 0.3) is 77.3 Å². The molecule has 0 aliphatic heterocycles. The van der Waals surface area contributed by atoms with E-state index in [2.05, 4.69) is 323 Å². The van der Waals surface area contributed by atoms with E-state index < -0.39 is 0 Å². The summed E-state index contributed by atoms with van der Waals surface area (Å²) >= 11 is 0. The maximum Gasteiger partial charge on any atom is 0.0942 e. The summed E-state index contributed by atoms with van der Waals surface area (Å²) in [6.07, 6.45) is 7.58. The van der Waals surface area contributed by atoms with E-state index >= 15 is 0 Å². The summed E-state index contributed by atoms with van der Waals surface area (Å²) in [6.45, 7) is 0. The standard InChI is InChI=1S/C84H58N8/c1-9-29-59(30-10-1)81-71(45-25-53-85-81)89(63-37-17-5-18-38-63)75-57-76(90(64-39-19-6-20-40-64)72-46-26-54-86-82(72)60-31-11-2-12-32-60)68-51-52-70-78(92(66-43-23-8-24-44-66)74-48-28-56-88-84(74)62-35-15-4-16-36-62)58-77(69-50-49-67(75)79(68)80(69)70)91(65-41-21-7-22-42-65)73-47-27-55-87-83(73)61-33-13-3-14-34-61/h1-58H. The lowest BCUT2D eigenvalue weighted by Gasteiger charge is -2.35. The van der Waals surface area contributed by atoms with Gasteiger partial charge in [0.25, 0.3) is 0 Å². The van der Waals surface area contributed by atoms with Crippen molar-refractivity contribution in [1.82, 2.24) is 19.9 Å². The molecule has 92 heavy (non-hydrogen) atoms. The first kappa shape index (κ1) is 54.8. The van der Waals surface area contributed by atoms with Gasteiger partial charge >= 0.3 is 0 Å². The molecule has 0 saturated carbocycles. The summed E-state index contributed by atoms with van der Waals surface area (Å²) in [7, 11) is 0. The Morgan fingerprint density at radius 1 is 0.174 bits per heavy atom. The molecule has 0 N–H and O–H groups in total. The van der Waals surface area contributed by atoms with Gasteiger partial charge in [0.2, 0.25) is 0 Å². The van der Waals surface area contributed by atoms with Crippen LogP contribution in [0.5, 0.6) is 0 Å². The van der Waals surface area contributed by atoms with Gasteiger partial charge in [-0.3, -0.25) is 19.9 Å². The Morgan fingerprint density at radius 2 is 0.370 bits per heavy atom. The monoisotopic (exact) mass is 1180 g/mol. The zero-order chi connectivity index (χ0) is 61.2. The molecular formula is C84H58N8. The van der Waals surface area contributed by atoms with Crippen LogP contribution in [0.2, 0.25) is 0 Å². The molecule has 0 aliphatic carbocycles. The van der Waals surface area contributed by atoms with Crippen molar-refractivity contribution >= 4 is 101 Å². The Morgan fingerprint density at radius 3 is 0.576 bits per heavy atom. The maximum atomic E-state index is 5.23. The van der Waals surface area contributed by atoms with E-state index in [4.69, 9.17) is 19.9 Å². The molecule has 0 unspecified atom stereocenters. The van der Waals surface area contributed by atoms with Crippen molar-refractivity contribution in [1.29, 1.82) is 0 Å². The molecule has 12 aromatic carbocycles. The molecule has 16 rings (SSSR count). The Labute approximate surface area is 534 Å². The number of para-hydroxylation sites is 4. The van der Waals surface area contributed by atoms with Crippen molar-refractivity contribution in [3.63, 3.8) is 0 Å². The molecule has 0 aliphatic rings. The van der Waals surface area contributed by atoms with E-state index in [1.807, 2.05) is 49.1 Å². The largest absolute Gasteiger partial charge is 0.308 e. The highest BCUT2D eigenvalue weighted by atomic mass is 15.2. The molecule has 4 aromatic heterocycles. The van der Waals surface area contributed by atoms with Crippen molar-refractivity contribution in [2.45, 2.75) is 0 Å². The summed E-state index contributed by atoms with van der Waals surface area (Å²) < 4.78 is 0. The minimum Gasteiger partial charge on any atom is -0.308 e. The molecule has 0 atom stereocenters. The molecule has 434 valence electrons. The number of benzene rings is 12. The van der Waals surface area contributed by atoms with Crippen LogP contribution in [0.15, 0.2) is 352 Å². The number of pyridine rings is 4. The van der Waals surface area contributed by atoms with Gasteiger partial charge in [-0.2, -0.15) is 0 Å². The minimum absolute atomic E-state index is 0.848. The van der Waals surface area contributed by atoms with Crippen LogP contribution >= 0.6 is 0 Å². The lowest BCUT2D eigenvalue weighted by atomic mass is 9.88. The predicted molar refractivity (Wildman–Crippen MR) is 382 cm³/mol. The fourth-order valence-corrected chi connectivity index (χ4v) is 13.2. The van der Waals surface area contributed by atoms with E-state index in [-0.39, 0.29) is 0 Å². The van der Waals surface area contributed by atoms with Crippen molar-refractivity contribution in [3.05, 3.63) is 352 Å². The van der Waals surface area contributed by atoms with Gasteiger partial charge in [-0.05, 0) is 109 Å². The van der Waals surface area contributed by atoms with Crippen LogP contribution in [0.3, 0.4) is 0 Å². The summed E-state index contributed by atoms with van der Waals surface area (Å²) in [4.78, 5) is 30.6. The first-order chi connectivity index (χ1) is 45.7. The number of anilines is 12. The predicted octanol–water partition coefficient (Wildman–Crippen LogP) is 22.7. The Kier molecular flexibility index (Phi) is 14.4. The van der Waals surface area contributed by atoms with E-state index in [0.717, 1.165) is 146 Å². The molecule has 16 aromatic rings. The van der Waals surface area contributed by atoms with Crippen LogP contribution in [0, 0.1) is 0 Å². The molecule has 8 nitrogen and oxygen atoms in total. The zero-order valence-electron chi connectivity index (χ0n) is 50.1. The highest BCUT2D eigenvalue weighted by Gasteiger charge is 2.32. The smallest absolute Gasteiger partial charge is 0.0942 e. The second-order valence-corrected chi connectivity index (χ2v) is 22.5. The lowest BCUT2D eigenvalue weighted by Crippen LogP contribution is -2.17. The number of rotatable bonds is 16. The first-order valence-electron chi connectivity index (χ1n) is 30.9. The van der Waals surface area contributed by atoms with Gasteiger partial charge in [0, 0.05) is 102 Å². The quantitative estimate of drug-likeness (QED) is 0.0887. The Hall–Kier alpha value is -12.5. The molecule has 0 fully saturated rings. The molecule has 0 bridgehead atoms. The highest BCUT2D eigenvalue weighted by Crippen LogP contribution is 2.57. The van der Waals surface area contributed by atoms with Crippen molar-refractivity contribution in [2.75, 3.05) is 19.6 Å². The summed E-state index contributed by atoms with van der Waals surface area (Å²) in [6, 6.07) is 116. The van der Waals surface area contributed by atoms with Crippen LogP contribution in [0.1, 0.15) is 0 Å². The Bertz CT molecular complexity index is 4570. The minimum atomic E-state index is 0.848. The van der Waals surface area contributed by atoms with Crippen LogP contribution in [0.4, 0.5) is 68.2 Å². The third-order valence-electron chi connectivity index (χ3n) is 17.1. The van der Waals surface area contributed by atoms with Gasteiger partial charge in [0.05, 0.1) is 68.3 Å². The maximum absolute atomic E-state index is 5.23. The number of hydrogen-bond acceptors (Lipinski definition) is 8. The Balaban J connectivity index is 1.11. The first-order valence-corrected chi connectivity index (χ1v) is 30.9. The molecule has 8 heteroatoms. The third-order valence-corrected chi connectivity index (χ3v) is 17.1. The van der Waals surface area contributed by atoms with Gasteiger partial charge < -0.3 is 19.6 Å². The van der Waals surface area contributed by atoms with E-state index in [9.17, 15) is 0 Å². The van der Waals surface area contributed by atoms with Gasteiger partial charge in [-0.15, -0.1) is 0 Å². The molecule has 0 saturated heterocycles. The van der Waals surface area contributed by atoms with Gasteiger partial charge in [0.1, 0.15) is 0 Å². The van der Waals surface area contributed by atoms with Crippen molar-refractivity contribution in [3.8, 4) is 45.0 Å². The highest BCUT2D eigenvalue weighted by molar-refractivity contribution is 6.33. The van der Waals surface area contributed by atoms with Crippen molar-refractivity contribution in [2.24, 2.45) is 0 Å². The number of hydrogen-bond donors (Lipinski definition) is 0. The average Bonchev–Trinajstić information content (AvgIpc) is 0.703. The van der Waals surface area contributed by atoms with Gasteiger partial charge in [-0.1, -0.05) is 218 Å². The summed E-state index contributed by atoms with van der Waals surface area (Å²) in [5, 5.41) is 6.28. The van der Waals surface area contributed by atoms with Crippen LogP contribution < -0.4 is 19.6 Å². The van der Waals surface area contributed by atoms with E-state index in [1.165, 1.54) is 0 Å². The molecular weight excluding hydrogens is 1120 g/mol. The third kappa shape index (κ3) is 9.94. The van der Waals surface area contributed by atoms with E-state index in [0.29, 0.717) is 0 Å². The van der Waals surface area contributed by atoms with E-state index in [1.54, 1.807) is 0 Å². The molecule has 4 heterocycles. The molecule has 0 amide bonds. The van der Waals surface area contributed by atoms with Crippen molar-refractivity contribution < 1.29 is 0 Å². The molecule has 0 radical (unpaired) electrons. The summed E-state index contributed by atoms with van der Waals surface area (Å²) in [5.41, 5.74) is 18.8. The normalized spacial score (nSPS) is 11.3. The lowest BCUT2D eigenvalue weighted by molar-refractivity contribution is 1.22. The number of aromatic nitrogens is 4. The fraction of sp³-hybridized carbons (Fsp3) is 0. The topological polar surface area (TPSA) is 64.5 Å². The molecule has 0 spiro atoms. The van der Waals surface area contributed by atoms with Crippen LogP contribution in [-0.4, -0.2) is 19.9 Å². The average molecular weight is 1180 g/mol. The van der Waals surface area contributed by atoms with Gasteiger partial charge in [0.15, 0.2) is 0 Å². The fourth-order valence-electron chi connectivity index (χ4n) is 13.2. The van der Waals surface area contributed by atoms with Gasteiger partial charge in [-0.25, -0.2) is 0 Å². The summed E-state index contributed by atoms with van der Waals surface area (Å²) in [5.74, 6) is 0. The second kappa shape index (κ2) is 24.2. The number of nitrogens with zero attached hydrogens (tertiary/aromatic N) is 8. The van der Waals surface area contributed by atoms with Crippen LogP contribution in [-0.2, 0) is 0 Å². The zero-order valence-corrected chi connectivity index (χ0v) is 50.1.